The predicted octanol–water partition coefficient (Wildman–Crippen LogP) is 11.0. The van der Waals surface area contributed by atoms with Crippen molar-refractivity contribution in [3.8, 4) is 23.0 Å². The molecule has 7 aromatic rings. The SMILES string of the molecule is COc1ccc(C(=CN(C=C(c2ccc(OC)cc2)c2ccc(OC)cc2)c2c3ccccc3cc3ccccc23)c2ccc(OC)cc2)cc1. The lowest BCUT2D eigenvalue weighted by molar-refractivity contribution is 0.414. The van der Waals surface area contributed by atoms with Crippen LogP contribution in [0.15, 0.2) is 164 Å². The van der Waals surface area contributed by atoms with Gasteiger partial charge in [0, 0.05) is 34.3 Å². The molecule has 5 nitrogen and oxygen atoms in total. The molecule has 0 aliphatic carbocycles. The molecule has 7 aromatic carbocycles. The Kier molecular flexibility index (Phi) is 9.71. The van der Waals surface area contributed by atoms with Gasteiger partial charge in [0.25, 0.3) is 0 Å². The first-order chi connectivity index (χ1) is 25.1. The van der Waals surface area contributed by atoms with E-state index in [2.05, 4.69) is 120 Å². The Morgan fingerprint density at radius 3 is 0.980 bits per heavy atom. The van der Waals surface area contributed by atoms with Crippen molar-refractivity contribution in [1.82, 2.24) is 0 Å². The lowest BCUT2D eigenvalue weighted by Crippen LogP contribution is -2.12. The van der Waals surface area contributed by atoms with Crippen molar-refractivity contribution in [3.63, 3.8) is 0 Å². The van der Waals surface area contributed by atoms with Gasteiger partial charge in [0.2, 0.25) is 0 Å². The van der Waals surface area contributed by atoms with Gasteiger partial charge >= 0.3 is 0 Å². The first-order valence-corrected chi connectivity index (χ1v) is 16.8. The summed E-state index contributed by atoms with van der Waals surface area (Å²) in [7, 11) is 6.75. The van der Waals surface area contributed by atoms with Gasteiger partial charge < -0.3 is 23.8 Å². The smallest absolute Gasteiger partial charge is 0.118 e. The van der Waals surface area contributed by atoms with E-state index in [9.17, 15) is 0 Å². The van der Waals surface area contributed by atoms with Crippen molar-refractivity contribution >= 4 is 38.4 Å². The van der Waals surface area contributed by atoms with Crippen LogP contribution < -0.4 is 23.8 Å². The molecule has 0 radical (unpaired) electrons. The summed E-state index contributed by atoms with van der Waals surface area (Å²) < 4.78 is 22.2. The summed E-state index contributed by atoms with van der Waals surface area (Å²) in [6, 6.07) is 52.3. The third kappa shape index (κ3) is 7.01. The number of anilines is 1. The van der Waals surface area contributed by atoms with E-state index < -0.39 is 0 Å². The van der Waals surface area contributed by atoms with Crippen molar-refractivity contribution in [2.75, 3.05) is 33.3 Å². The largest absolute Gasteiger partial charge is 0.497 e. The number of rotatable bonds is 11. The average Bonchev–Trinajstić information content (AvgIpc) is 3.20. The zero-order chi connectivity index (χ0) is 35.2. The topological polar surface area (TPSA) is 40.2 Å². The molecule has 252 valence electrons. The molecule has 0 fully saturated rings. The van der Waals surface area contributed by atoms with E-state index in [1.54, 1.807) is 28.4 Å². The highest BCUT2D eigenvalue weighted by molar-refractivity contribution is 6.12. The summed E-state index contributed by atoms with van der Waals surface area (Å²) in [6.45, 7) is 0. The van der Waals surface area contributed by atoms with Crippen LogP contribution in [0.3, 0.4) is 0 Å². The van der Waals surface area contributed by atoms with Crippen LogP contribution >= 0.6 is 0 Å². The van der Waals surface area contributed by atoms with Gasteiger partial charge in [0.05, 0.1) is 34.1 Å². The number of hydrogen-bond donors (Lipinski definition) is 0. The van der Waals surface area contributed by atoms with Crippen molar-refractivity contribution in [3.05, 3.63) is 186 Å². The highest BCUT2D eigenvalue weighted by atomic mass is 16.5. The van der Waals surface area contributed by atoms with E-state index in [-0.39, 0.29) is 0 Å². The van der Waals surface area contributed by atoms with Crippen molar-refractivity contribution in [2.24, 2.45) is 0 Å². The fourth-order valence-electron chi connectivity index (χ4n) is 6.43. The van der Waals surface area contributed by atoms with Crippen LogP contribution in [0.1, 0.15) is 22.3 Å². The fraction of sp³-hybridized carbons (Fsp3) is 0.0870. The van der Waals surface area contributed by atoms with Crippen molar-refractivity contribution in [1.29, 1.82) is 0 Å². The number of hydrogen-bond acceptors (Lipinski definition) is 5. The van der Waals surface area contributed by atoms with E-state index >= 15 is 0 Å². The van der Waals surface area contributed by atoms with E-state index in [0.29, 0.717) is 0 Å². The minimum absolute atomic E-state index is 0.797. The van der Waals surface area contributed by atoms with E-state index in [1.807, 2.05) is 48.5 Å². The van der Waals surface area contributed by atoms with E-state index in [0.717, 1.165) is 83.6 Å². The second kappa shape index (κ2) is 15.0. The third-order valence-corrected chi connectivity index (χ3v) is 9.14. The molecule has 7 rings (SSSR count). The maximum atomic E-state index is 5.54. The molecule has 0 atom stereocenters. The Bertz CT molecular complexity index is 2060. The number of methoxy groups -OCH3 is 4. The molecule has 0 heterocycles. The first kappa shape index (κ1) is 33.1. The van der Waals surface area contributed by atoms with Gasteiger partial charge in [-0.2, -0.15) is 0 Å². The van der Waals surface area contributed by atoms with Crippen molar-refractivity contribution in [2.45, 2.75) is 0 Å². The van der Waals surface area contributed by atoms with Crippen LogP contribution in [0.2, 0.25) is 0 Å². The number of benzene rings is 7. The van der Waals surface area contributed by atoms with Crippen molar-refractivity contribution < 1.29 is 18.9 Å². The molecule has 0 amide bonds. The average molecular weight is 670 g/mol. The summed E-state index contributed by atoms with van der Waals surface area (Å²) in [5.41, 5.74) is 7.29. The Morgan fingerprint density at radius 1 is 0.392 bits per heavy atom. The minimum Gasteiger partial charge on any atom is -0.497 e. The summed E-state index contributed by atoms with van der Waals surface area (Å²) in [6.07, 6.45) is 4.48. The van der Waals surface area contributed by atoms with Crippen LogP contribution in [0, 0.1) is 0 Å². The normalized spacial score (nSPS) is 10.7. The van der Waals surface area contributed by atoms with E-state index in [1.165, 1.54) is 0 Å². The summed E-state index contributed by atoms with van der Waals surface area (Å²) in [4.78, 5) is 2.29. The quantitative estimate of drug-likeness (QED) is 0.128. The second-order valence-corrected chi connectivity index (χ2v) is 12.1. The Morgan fingerprint density at radius 2 is 0.686 bits per heavy atom. The molecule has 0 saturated carbocycles. The number of fused-ring (bicyclic) bond motifs is 2. The second-order valence-electron chi connectivity index (χ2n) is 12.1. The Balaban J connectivity index is 1.57. The molecule has 0 spiro atoms. The van der Waals surface area contributed by atoms with Crippen LogP contribution in [0.4, 0.5) is 5.69 Å². The predicted molar refractivity (Wildman–Crippen MR) is 210 cm³/mol. The first-order valence-electron chi connectivity index (χ1n) is 16.8. The van der Waals surface area contributed by atoms with Gasteiger partial charge in [-0.05, 0) is 87.6 Å². The minimum atomic E-state index is 0.797. The monoisotopic (exact) mass is 669 g/mol. The van der Waals surface area contributed by atoms with Gasteiger partial charge in [-0.1, -0.05) is 97.1 Å². The maximum Gasteiger partial charge on any atom is 0.118 e. The molecular formula is C46H39NO4. The van der Waals surface area contributed by atoms with Gasteiger partial charge in [-0.25, -0.2) is 0 Å². The zero-order valence-corrected chi connectivity index (χ0v) is 29.2. The standard InChI is InChI=1S/C46H39NO4/c1-48-38-21-13-32(14-22-38)44(33-15-23-39(49-2)24-16-33)30-47(46-42-11-7-5-9-36(42)29-37-10-6-8-12-43(37)46)31-45(34-17-25-40(50-3)26-18-34)35-19-27-41(51-4)28-20-35/h5-31H,1-4H3. The van der Waals surface area contributed by atoms with Gasteiger partial charge in [0.15, 0.2) is 0 Å². The van der Waals surface area contributed by atoms with Gasteiger partial charge in [-0.15, -0.1) is 0 Å². The molecule has 0 saturated heterocycles. The van der Waals surface area contributed by atoms with Crippen LogP contribution in [-0.4, -0.2) is 28.4 Å². The highest BCUT2D eigenvalue weighted by Gasteiger charge is 2.18. The lowest BCUT2D eigenvalue weighted by atomic mass is 9.95. The highest BCUT2D eigenvalue weighted by Crippen LogP contribution is 2.40. The zero-order valence-electron chi connectivity index (χ0n) is 29.2. The number of nitrogens with zero attached hydrogens (tertiary/aromatic N) is 1. The molecule has 5 heteroatoms. The molecule has 0 bridgehead atoms. The summed E-state index contributed by atoms with van der Waals surface area (Å²) in [5.74, 6) is 3.19. The summed E-state index contributed by atoms with van der Waals surface area (Å²) in [5, 5.41) is 4.58. The third-order valence-electron chi connectivity index (χ3n) is 9.14. The molecule has 0 aliphatic rings. The Hall–Kier alpha value is -6.46. The molecule has 0 aliphatic heterocycles. The van der Waals surface area contributed by atoms with Crippen LogP contribution in [0.5, 0.6) is 23.0 Å². The van der Waals surface area contributed by atoms with E-state index in [4.69, 9.17) is 18.9 Å². The molecule has 0 N–H and O–H groups in total. The maximum absolute atomic E-state index is 5.54. The van der Waals surface area contributed by atoms with Crippen LogP contribution in [0.25, 0.3) is 32.7 Å². The van der Waals surface area contributed by atoms with Crippen LogP contribution in [-0.2, 0) is 0 Å². The fourth-order valence-corrected chi connectivity index (χ4v) is 6.43. The molecule has 0 unspecified atom stereocenters. The molecule has 0 aromatic heterocycles. The lowest BCUT2D eigenvalue weighted by Gasteiger charge is -2.25. The number of ether oxygens (including phenoxy) is 4. The summed E-state index contributed by atoms with van der Waals surface area (Å²) >= 11 is 0. The Labute approximate surface area is 299 Å². The molecular weight excluding hydrogens is 631 g/mol. The van der Waals surface area contributed by atoms with Gasteiger partial charge in [0.1, 0.15) is 23.0 Å². The molecule has 51 heavy (non-hydrogen) atoms. The van der Waals surface area contributed by atoms with Gasteiger partial charge in [-0.3, -0.25) is 0 Å².